The molecule has 2 fully saturated rings. The molecule has 3 aliphatic rings. The standard InChI is InChI=1S/C28H42O4S/c1-7-22-12-13-23-20(9-8-15-27(22,23)6)10-11-21-17-28(31,18-24(29)19(21)2)33-16-14-25(30)32-26(3,4)5/h10-12,23-24,29,31H,2,7-9,13-18H2,1,3-6H3/t23-,24?,27+,28-/m0/s1. The van der Waals surface area contributed by atoms with Gasteiger partial charge in [-0.1, -0.05) is 49.8 Å². The van der Waals surface area contributed by atoms with E-state index >= 15 is 0 Å². The van der Waals surface area contributed by atoms with Crippen LogP contribution in [0, 0.1) is 11.3 Å². The molecule has 0 saturated heterocycles. The van der Waals surface area contributed by atoms with Gasteiger partial charge in [0.05, 0.1) is 12.5 Å². The molecule has 3 aliphatic carbocycles. The van der Waals surface area contributed by atoms with Gasteiger partial charge in [0.15, 0.2) is 0 Å². The van der Waals surface area contributed by atoms with E-state index in [2.05, 4.69) is 38.7 Å². The summed E-state index contributed by atoms with van der Waals surface area (Å²) < 4.78 is 5.36. The van der Waals surface area contributed by atoms with E-state index in [-0.39, 0.29) is 24.2 Å². The summed E-state index contributed by atoms with van der Waals surface area (Å²) in [4.78, 5) is 10.9. The molecule has 0 amide bonds. The first kappa shape index (κ1) is 26.3. The lowest BCUT2D eigenvalue weighted by Gasteiger charge is -2.41. The Hall–Kier alpha value is -1.30. The Morgan fingerprint density at radius 3 is 2.76 bits per heavy atom. The number of aliphatic hydroxyl groups excluding tert-OH is 1. The van der Waals surface area contributed by atoms with Gasteiger partial charge in [0, 0.05) is 18.6 Å². The monoisotopic (exact) mass is 474 g/mol. The molecule has 33 heavy (non-hydrogen) atoms. The molecule has 0 aromatic rings. The Morgan fingerprint density at radius 2 is 2.09 bits per heavy atom. The number of carbonyl (C=O) groups excluding carboxylic acids is 1. The minimum atomic E-state index is -1.11. The number of ether oxygens (including phenoxy) is 1. The molecule has 184 valence electrons. The molecule has 0 radical (unpaired) electrons. The first-order valence-corrected chi connectivity index (χ1v) is 13.4. The van der Waals surface area contributed by atoms with Gasteiger partial charge < -0.3 is 14.9 Å². The second kappa shape index (κ2) is 10.1. The fourth-order valence-corrected chi connectivity index (χ4v) is 6.96. The third-order valence-corrected chi connectivity index (χ3v) is 8.74. The SMILES string of the molecule is C=C1C(=CC=C2CCC[C@]3(C)C(CC)=CC[C@@H]23)C[C@](O)(SCCC(=O)OC(C)(C)C)CC1O. The van der Waals surface area contributed by atoms with E-state index in [0.29, 0.717) is 23.7 Å². The minimum Gasteiger partial charge on any atom is -0.460 e. The molecule has 0 heterocycles. The van der Waals surface area contributed by atoms with Crippen molar-refractivity contribution in [2.45, 2.75) is 103 Å². The topological polar surface area (TPSA) is 66.8 Å². The first-order chi connectivity index (χ1) is 15.4. The summed E-state index contributed by atoms with van der Waals surface area (Å²) in [5.74, 6) is 0.740. The van der Waals surface area contributed by atoms with E-state index < -0.39 is 16.6 Å². The van der Waals surface area contributed by atoms with Crippen LogP contribution in [-0.4, -0.2) is 38.6 Å². The number of esters is 1. The predicted molar refractivity (Wildman–Crippen MR) is 137 cm³/mol. The van der Waals surface area contributed by atoms with Crippen LogP contribution in [0.15, 0.2) is 47.1 Å². The average molecular weight is 475 g/mol. The molecule has 2 saturated carbocycles. The number of aliphatic hydroxyl groups is 2. The maximum atomic E-state index is 12.0. The van der Waals surface area contributed by atoms with Crippen molar-refractivity contribution in [1.82, 2.24) is 0 Å². The van der Waals surface area contributed by atoms with Gasteiger partial charge in [-0.25, -0.2) is 0 Å². The highest BCUT2D eigenvalue weighted by Gasteiger charge is 2.44. The predicted octanol–water partition coefficient (Wildman–Crippen LogP) is 6.25. The molecule has 0 spiro atoms. The fourth-order valence-electron chi connectivity index (χ4n) is 5.78. The molecular weight excluding hydrogens is 432 g/mol. The lowest BCUT2D eigenvalue weighted by molar-refractivity contribution is -0.154. The van der Waals surface area contributed by atoms with Crippen LogP contribution < -0.4 is 0 Å². The third kappa shape index (κ3) is 6.23. The number of allylic oxidation sites excluding steroid dienone is 5. The molecule has 0 aliphatic heterocycles. The van der Waals surface area contributed by atoms with Gasteiger partial charge in [0.1, 0.15) is 10.5 Å². The van der Waals surface area contributed by atoms with Crippen LogP contribution in [0.2, 0.25) is 0 Å². The summed E-state index contributed by atoms with van der Waals surface area (Å²) in [7, 11) is 0. The molecule has 0 aromatic carbocycles. The molecule has 1 unspecified atom stereocenters. The quantitative estimate of drug-likeness (QED) is 0.271. The van der Waals surface area contributed by atoms with Crippen LogP contribution >= 0.6 is 11.8 Å². The van der Waals surface area contributed by atoms with E-state index in [1.165, 1.54) is 30.2 Å². The zero-order chi connectivity index (χ0) is 24.4. The number of thioether (sulfide) groups is 1. The second-order valence-electron chi connectivity index (χ2n) is 11.1. The van der Waals surface area contributed by atoms with Gasteiger partial charge in [-0.3, -0.25) is 4.79 Å². The molecule has 3 rings (SSSR count). The van der Waals surface area contributed by atoms with Gasteiger partial charge in [0.25, 0.3) is 0 Å². The Labute approximate surface area is 204 Å². The molecule has 5 heteroatoms. The Kier molecular flexibility index (Phi) is 8.08. The normalized spacial score (nSPS) is 35.0. The van der Waals surface area contributed by atoms with E-state index in [0.717, 1.165) is 24.8 Å². The summed E-state index contributed by atoms with van der Waals surface area (Å²) in [6, 6.07) is 0. The third-order valence-electron chi connectivity index (χ3n) is 7.48. The zero-order valence-electron chi connectivity index (χ0n) is 21.1. The lowest BCUT2D eigenvalue weighted by atomic mass is 9.64. The van der Waals surface area contributed by atoms with Crippen molar-refractivity contribution in [3.63, 3.8) is 0 Å². The molecule has 0 aromatic heterocycles. The highest BCUT2D eigenvalue weighted by atomic mass is 32.2. The van der Waals surface area contributed by atoms with Crippen LogP contribution in [0.3, 0.4) is 0 Å². The first-order valence-electron chi connectivity index (χ1n) is 12.4. The van der Waals surface area contributed by atoms with Crippen molar-refractivity contribution in [2.24, 2.45) is 11.3 Å². The minimum absolute atomic E-state index is 0.225. The summed E-state index contributed by atoms with van der Waals surface area (Å²) in [6.45, 7) is 14.3. The number of hydrogen-bond donors (Lipinski definition) is 2. The van der Waals surface area contributed by atoms with E-state index in [9.17, 15) is 15.0 Å². The zero-order valence-corrected chi connectivity index (χ0v) is 21.9. The Bertz CT molecular complexity index is 862. The van der Waals surface area contributed by atoms with Crippen LogP contribution in [0.1, 0.15) is 86.0 Å². The van der Waals surface area contributed by atoms with Crippen LogP contribution in [-0.2, 0) is 9.53 Å². The maximum Gasteiger partial charge on any atom is 0.307 e. The van der Waals surface area contributed by atoms with E-state index in [1.54, 1.807) is 5.57 Å². The summed E-state index contributed by atoms with van der Waals surface area (Å²) in [5.41, 5.74) is 4.44. The van der Waals surface area contributed by atoms with Crippen LogP contribution in [0.4, 0.5) is 0 Å². The Balaban J connectivity index is 1.68. The van der Waals surface area contributed by atoms with Gasteiger partial charge in [0.2, 0.25) is 0 Å². The number of fused-ring (bicyclic) bond motifs is 1. The highest BCUT2D eigenvalue weighted by Crippen LogP contribution is 2.55. The van der Waals surface area contributed by atoms with Gasteiger partial charge >= 0.3 is 5.97 Å². The van der Waals surface area contributed by atoms with Crippen molar-refractivity contribution in [3.05, 3.63) is 47.1 Å². The van der Waals surface area contributed by atoms with Crippen molar-refractivity contribution >= 4 is 17.7 Å². The number of carbonyl (C=O) groups is 1. The fraction of sp³-hybridized carbons (Fsp3) is 0.679. The smallest absolute Gasteiger partial charge is 0.307 e. The van der Waals surface area contributed by atoms with Crippen molar-refractivity contribution in [3.8, 4) is 0 Å². The summed E-state index contributed by atoms with van der Waals surface area (Å²) in [6.07, 6.45) is 12.7. The van der Waals surface area contributed by atoms with Crippen molar-refractivity contribution in [2.75, 3.05) is 5.75 Å². The lowest BCUT2D eigenvalue weighted by Crippen LogP contribution is -2.37. The largest absolute Gasteiger partial charge is 0.460 e. The molecule has 4 atom stereocenters. The molecule has 2 N–H and O–H groups in total. The molecule has 0 bridgehead atoms. The summed E-state index contributed by atoms with van der Waals surface area (Å²) in [5, 5.41) is 21.8. The van der Waals surface area contributed by atoms with Gasteiger partial charge in [-0.2, -0.15) is 0 Å². The van der Waals surface area contributed by atoms with E-state index in [1.807, 2.05) is 20.8 Å². The number of hydrogen-bond acceptors (Lipinski definition) is 5. The molecule has 4 nitrogen and oxygen atoms in total. The van der Waals surface area contributed by atoms with E-state index in [4.69, 9.17) is 4.74 Å². The average Bonchev–Trinajstić information content (AvgIpc) is 3.05. The molecular formula is C28H42O4S. The Morgan fingerprint density at radius 1 is 1.36 bits per heavy atom. The second-order valence-corrected chi connectivity index (χ2v) is 12.6. The summed E-state index contributed by atoms with van der Waals surface area (Å²) >= 11 is 1.33. The van der Waals surface area contributed by atoms with Gasteiger partial charge in [-0.15, -0.1) is 11.8 Å². The highest BCUT2D eigenvalue weighted by molar-refractivity contribution is 8.00. The van der Waals surface area contributed by atoms with Crippen LogP contribution in [0.25, 0.3) is 0 Å². The van der Waals surface area contributed by atoms with Crippen LogP contribution in [0.5, 0.6) is 0 Å². The van der Waals surface area contributed by atoms with Crippen molar-refractivity contribution in [1.29, 1.82) is 0 Å². The van der Waals surface area contributed by atoms with Crippen molar-refractivity contribution < 1.29 is 19.7 Å². The maximum absolute atomic E-state index is 12.0. The number of rotatable bonds is 6. The van der Waals surface area contributed by atoms with Gasteiger partial charge in [-0.05, 0) is 75.4 Å².